The van der Waals surface area contributed by atoms with Crippen molar-refractivity contribution in [1.82, 2.24) is 10.3 Å². The van der Waals surface area contributed by atoms with Crippen LogP contribution in [0.1, 0.15) is 27.8 Å². The molecule has 0 aliphatic carbocycles. The van der Waals surface area contributed by atoms with Gasteiger partial charge in [0.2, 0.25) is 0 Å². The average molecular weight is 441 g/mol. The van der Waals surface area contributed by atoms with E-state index in [0.29, 0.717) is 28.7 Å². The summed E-state index contributed by atoms with van der Waals surface area (Å²) in [4.78, 5) is 18.8. The van der Waals surface area contributed by atoms with Crippen LogP contribution in [-0.4, -0.2) is 27.3 Å². The summed E-state index contributed by atoms with van der Waals surface area (Å²) in [5, 5.41) is 26.1. The predicted octanol–water partition coefficient (Wildman–Crippen LogP) is 4.06. The van der Waals surface area contributed by atoms with Crippen LogP contribution in [0.15, 0.2) is 65.7 Å². The minimum absolute atomic E-state index is 0.0538. The summed E-state index contributed by atoms with van der Waals surface area (Å²) in [6.07, 6.45) is 0.920. The smallest absolute Gasteiger partial charge is 0.270 e. The Kier molecular flexibility index (Phi) is 5.37. The van der Waals surface area contributed by atoms with Crippen molar-refractivity contribution >= 4 is 28.0 Å². The largest absolute Gasteiger partial charge is 0.494 e. The monoisotopic (exact) mass is 441 g/mol. The van der Waals surface area contributed by atoms with Gasteiger partial charge in [0, 0.05) is 41.7 Å². The zero-order valence-corrected chi connectivity index (χ0v) is 17.8. The van der Waals surface area contributed by atoms with Crippen molar-refractivity contribution in [2.45, 2.75) is 19.5 Å². The highest BCUT2D eigenvalue weighted by Gasteiger charge is 2.21. The number of aliphatic imine (C=N–C) groups is 1. The highest BCUT2D eigenvalue weighted by molar-refractivity contribution is 6.22. The fraction of sp³-hybridized carbons (Fsp3) is 0.160. The maximum atomic E-state index is 11.4. The Morgan fingerprint density at radius 2 is 1.91 bits per heavy atom. The number of nitro groups is 1. The van der Waals surface area contributed by atoms with Gasteiger partial charge in [-0.15, -0.1) is 0 Å². The summed E-state index contributed by atoms with van der Waals surface area (Å²) < 4.78 is 0. The van der Waals surface area contributed by atoms with Crippen LogP contribution in [0.2, 0.25) is 0 Å². The number of nitrogens with one attached hydrogen (secondary N) is 2. The third kappa shape index (κ3) is 3.97. The fourth-order valence-electron chi connectivity index (χ4n) is 4.24. The molecule has 1 aromatic heterocycles. The summed E-state index contributed by atoms with van der Waals surface area (Å²) >= 11 is 0. The Balaban J connectivity index is 1.72. The zero-order chi connectivity index (χ0) is 22.9. The van der Waals surface area contributed by atoms with Crippen LogP contribution in [-0.2, 0) is 19.5 Å². The van der Waals surface area contributed by atoms with Crippen molar-refractivity contribution in [2.75, 3.05) is 6.54 Å². The standard InChI is InChI=1S/C25H23N5O3/c26-13-15-1-3-16(4-2-15)24(28-19-6-5-18-14-27-10-9-17(18)11-19)23-21-12-20(30(32)33)7-8-22(21)29-25(23)31/h1-8,11-12,27,29,31H,9-10,13-14,26H2. The van der Waals surface area contributed by atoms with Crippen LogP contribution in [0.5, 0.6) is 5.88 Å². The molecule has 0 amide bonds. The van der Waals surface area contributed by atoms with Gasteiger partial charge in [-0.3, -0.25) is 10.1 Å². The number of non-ortho nitro benzene ring substituents is 1. The van der Waals surface area contributed by atoms with Crippen molar-refractivity contribution in [3.63, 3.8) is 0 Å². The third-order valence-electron chi connectivity index (χ3n) is 5.99. The van der Waals surface area contributed by atoms with E-state index in [4.69, 9.17) is 10.7 Å². The van der Waals surface area contributed by atoms with Gasteiger partial charge in [-0.25, -0.2) is 4.99 Å². The second kappa shape index (κ2) is 8.50. The van der Waals surface area contributed by atoms with Crippen LogP contribution in [0, 0.1) is 10.1 Å². The van der Waals surface area contributed by atoms with E-state index in [2.05, 4.69) is 22.4 Å². The molecule has 166 valence electrons. The lowest BCUT2D eigenvalue weighted by atomic mass is 9.98. The van der Waals surface area contributed by atoms with Gasteiger partial charge in [-0.05, 0) is 47.9 Å². The molecule has 8 heteroatoms. The van der Waals surface area contributed by atoms with Crippen LogP contribution < -0.4 is 11.1 Å². The molecular formula is C25H23N5O3. The van der Waals surface area contributed by atoms with E-state index >= 15 is 0 Å². The summed E-state index contributed by atoms with van der Waals surface area (Å²) in [5.74, 6) is -0.0886. The second-order valence-electron chi connectivity index (χ2n) is 8.08. The number of hydrogen-bond donors (Lipinski definition) is 4. The van der Waals surface area contributed by atoms with E-state index in [1.165, 1.54) is 23.3 Å². The molecule has 0 saturated carbocycles. The Morgan fingerprint density at radius 3 is 2.67 bits per heavy atom. The quantitative estimate of drug-likeness (QED) is 0.211. The number of nitrogens with two attached hydrogens (primary N) is 1. The van der Waals surface area contributed by atoms with Gasteiger partial charge >= 0.3 is 0 Å². The normalized spacial score (nSPS) is 13.8. The average Bonchev–Trinajstić information content (AvgIpc) is 3.17. The number of nitro benzene ring substituents is 1. The van der Waals surface area contributed by atoms with E-state index in [1.54, 1.807) is 6.07 Å². The fourth-order valence-corrected chi connectivity index (χ4v) is 4.24. The topological polar surface area (TPSA) is 130 Å². The van der Waals surface area contributed by atoms with Crippen LogP contribution >= 0.6 is 0 Å². The maximum Gasteiger partial charge on any atom is 0.270 e. The summed E-state index contributed by atoms with van der Waals surface area (Å²) in [5.41, 5.74) is 12.2. The lowest BCUT2D eigenvalue weighted by Gasteiger charge is -2.17. The lowest BCUT2D eigenvalue weighted by molar-refractivity contribution is -0.384. The molecule has 0 fully saturated rings. The van der Waals surface area contributed by atoms with E-state index in [9.17, 15) is 15.2 Å². The molecule has 2 heterocycles. The van der Waals surface area contributed by atoms with Crippen LogP contribution in [0.4, 0.5) is 11.4 Å². The van der Waals surface area contributed by atoms with Gasteiger partial charge in [0.15, 0.2) is 5.88 Å². The molecule has 3 aromatic carbocycles. The van der Waals surface area contributed by atoms with Crippen LogP contribution in [0.25, 0.3) is 10.9 Å². The van der Waals surface area contributed by atoms with Gasteiger partial charge in [-0.2, -0.15) is 0 Å². The van der Waals surface area contributed by atoms with E-state index in [1.807, 2.05) is 30.3 Å². The van der Waals surface area contributed by atoms with Crippen molar-refractivity contribution in [3.8, 4) is 5.88 Å². The first kappa shape index (κ1) is 20.9. The highest BCUT2D eigenvalue weighted by Crippen LogP contribution is 2.34. The molecule has 0 unspecified atom stereocenters. The Labute approximate surface area is 189 Å². The third-order valence-corrected chi connectivity index (χ3v) is 5.99. The first-order valence-electron chi connectivity index (χ1n) is 10.7. The Morgan fingerprint density at radius 1 is 1.09 bits per heavy atom. The number of aromatic hydroxyl groups is 1. The number of hydrogen-bond acceptors (Lipinski definition) is 6. The first-order chi connectivity index (χ1) is 16.0. The number of benzene rings is 3. The highest BCUT2D eigenvalue weighted by atomic mass is 16.6. The zero-order valence-electron chi connectivity index (χ0n) is 17.8. The van der Waals surface area contributed by atoms with E-state index in [-0.39, 0.29) is 11.6 Å². The molecule has 5 N–H and O–H groups in total. The van der Waals surface area contributed by atoms with Gasteiger partial charge < -0.3 is 21.1 Å². The molecule has 0 atom stereocenters. The summed E-state index contributed by atoms with van der Waals surface area (Å²) in [7, 11) is 0. The number of nitrogens with zero attached hydrogens (tertiary/aromatic N) is 2. The van der Waals surface area contributed by atoms with Crippen molar-refractivity contribution in [1.29, 1.82) is 0 Å². The Hall–Kier alpha value is -4.01. The summed E-state index contributed by atoms with van der Waals surface area (Å²) in [6.45, 7) is 2.16. The number of fused-ring (bicyclic) bond motifs is 2. The number of H-pyrrole nitrogens is 1. The molecule has 4 aromatic rings. The van der Waals surface area contributed by atoms with E-state index < -0.39 is 4.92 Å². The lowest BCUT2D eigenvalue weighted by Crippen LogP contribution is -2.23. The van der Waals surface area contributed by atoms with Crippen LogP contribution in [0.3, 0.4) is 0 Å². The van der Waals surface area contributed by atoms with Gasteiger partial charge in [0.05, 0.1) is 21.9 Å². The minimum atomic E-state index is -0.447. The SMILES string of the molecule is NCc1ccc(C(=Nc2ccc3c(c2)CCNC3)c2c(O)[nH]c3ccc([N+](=O)[O-])cc23)cc1. The van der Waals surface area contributed by atoms with Crippen molar-refractivity contribution in [3.05, 3.63) is 98.6 Å². The molecule has 0 saturated heterocycles. The molecule has 1 aliphatic heterocycles. The number of aromatic amines is 1. The minimum Gasteiger partial charge on any atom is -0.494 e. The summed E-state index contributed by atoms with van der Waals surface area (Å²) in [6, 6.07) is 18.2. The number of rotatable bonds is 5. The van der Waals surface area contributed by atoms with Gasteiger partial charge in [0.1, 0.15) is 0 Å². The molecule has 8 nitrogen and oxygen atoms in total. The van der Waals surface area contributed by atoms with E-state index in [0.717, 1.165) is 36.3 Å². The predicted molar refractivity (Wildman–Crippen MR) is 128 cm³/mol. The molecule has 1 aliphatic rings. The molecule has 0 spiro atoms. The molecule has 5 rings (SSSR count). The number of aromatic nitrogens is 1. The Bertz CT molecular complexity index is 1390. The molecule has 0 bridgehead atoms. The van der Waals surface area contributed by atoms with Gasteiger partial charge in [-0.1, -0.05) is 30.3 Å². The van der Waals surface area contributed by atoms with Gasteiger partial charge in [0.25, 0.3) is 5.69 Å². The first-order valence-corrected chi connectivity index (χ1v) is 10.7. The molecule has 33 heavy (non-hydrogen) atoms. The maximum absolute atomic E-state index is 11.4. The van der Waals surface area contributed by atoms with Crippen molar-refractivity contribution in [2.24, 2.45) is 10.7 Å². The molecular weight excluding hydrogens is 418 g/mol. The second-order valence-corrected chi connectivity index (χ2v) is 8.08. The molecule has 0 radical (unpaired) electrons. The van der Waals surface area contributed by atoms with Crippen molar-refractivity contribution < 1.29 is 10.0 Å².